The van der Waals surface area contributed by atoms with Gasteiger partial charge in [-0.2, -0.15) is 0 Å². The van der Waals surface area contributed by atoms with Crippen LogP contribution in [0.5, 0.6) is 0 Å². The molecular formula is C22H29N3O. The van der Waals surface area contributed by atoms with Gasteiger partial charge in [0, 0.05) is 26.2 Å². The summed E-state index contributed by atoms with van der Waals surface area (Å²) in [4.78, 5) is 16.8. The predicted molar refractivity (Wildman–Crippen MR) is 106 cm³/mol. The monoisotopic (exact) mass is 351 g/mol. The molecule has 0 bridgehead atoms. The molecule has 1 aliphatic heterocycles. The van der Waals surface area contributed by atoms with Crippen molar-refractivity contribution >= 4 is 6.03 Å². The van der Waals surface area contributed by atoms with Crippen molar-refractivity contribution in [2.24, 2.45) is 0 Å². The van der Waals surface area contributed by atoms with E-state index >= 15 is 0 Å². The van der Waals surface area contributed by atoms with Gasteiger partial charge in [-0.1, -0.05) is 62.4 Å². The Hall–Kier alpha value is -2.33. The molecule has 0 saturated heterocycles. The molecule has 0 aliphatic carbocycles. The van der Waals surface area contributed by atoms with Crippen molar-refractivity contribution in [3.8, 4) is 0 Å². The average Bonchev–Trinajstić information content (AvgIpc) is 2.70. The summed E-state index contributed by atoms with van der Waals surface area (Å²) in [5, 5.41) is 3.06. The Morgan fingerprint density at radius 3 is 2.35 bits per heavy atom. The second-order valence-corrected chi connectivity index (χ2v) is 6.88. The van der Waals surface area contributed by atoms with Crippen LogP contribution in [0.4, 0.5) is 4.79 Å². The molecule has 0 radical (unpaired) electrons. The summed E-state index contributed by atoms with van der Waals surface area (Å²) in [5.74, 6) is 0. The molecule has 0 atom stereocenters. The summed E-state index contributed by atoms with van der Waals surface area (Å²) in [6.45, 7) is 9.53. The fourth-order valence-electron chi connectivity index (χ4n) is 3.43. The Morgan fingerprint density at radius 1 is 1.00 bits per heavy atom. The van der Waals surface area contributed by atoms with Gasteiger partial charge in [-0.3, -0.25) is 4.90 Å². The molecular weight excluding hydrogens is 322 g/mol. The first-order chi connectivity index (χ1) is 12.7. The Balaban J connectivity index is 1.50. The lowest BCUT2D eigenvalue weighted by Crippen LogP contribution is -2.42. The number of carbonyl (C=O) groups is 1. The molecule has 4 heteroatoms. The van der Waals surface area contributed by atoms with Gasteiger partial charge in [0.2, 0.25) is 0 Å². The molecule has 4 nitrogen and oxygen atoms in total. The van der Waals surface area contributed by atoms with Crippen LogP contribution in [0.25, 0.3) is 0 Å². The number of benzene rings is 2. The minimum Gasteiger partial charge on any atom is -0.334 e. The SMILES string of the molecule is CCN(CC)Cc1ccc(CNC(=O)N2CCc3ccccc3C2)cc1. The summed E-state index contributed by atoms with van der Waals surface area (Å²) < 4.78 is 0. The summed E-state index contributed by atoms with van der Waals surface area (Å²) in [6, 6.07) is 17.0. The van der Waals surface area contributed by atoms with Crippen LogP contribution in [-0.4, -0.2) is 35.5 Å². The van der Waals surface area contributed by atoms with Crippen LogP contribution in [0.2, 0.25) is 0 Å². The van der Waals surface area contributed by atoms with Crippen molar-refractivity contribution in [1.29, 1.82) is 0 Å². The van der Waals surface area contributed by atoms with E-state index < -0.39 is 0 Å². The summed E-state index contributed by atoms with van der Waals surface area (Å²) in [5.41, 5.74) is 5.07. The molecule has 1 N–H and O–H groups in total. The topological polar surface area (TPSA) is 35.6 Å². The molecule has 0 aromatic heterocycles. The maximum atomic E-state index is 12.5. The number of nitrogens with one attached hydrogen (secondary N) is 1. The van der Waals surface area contributed by atoms with Crippen molar-refractivity contribution in [2.75, 3.05) is 19.6 Å². The van der Waals surface area contributed by atoms with Crippen LogP contribution >= 0.6 is 0 Å². The van der Waals surface area contributed by atoms with Crippen LogP contribution in [-0.2, 0) is 26.1 Å². The Labute approximate surface area is 156 Å². The first kappa shape index (κ1) is 18.5. The van der Waals surface area contributed by atoms with Crippen molar-refractivity contribution in [3.05, 3.63) is 70.8 Å². The zero-order chi connectivity index (χ0) is 18.4. The third-order valence-electron chi connectivity index (χ3n) is 5.19. The highest BCUT2D eigenvalue weighted by molar-refractivity contribution is 5.74. The van der Waals surface area contributed by atoms with E-state index in [9.17, 15) is 4.79 Å². The normalized spacial score (nSPS) is 13.6. The molecule has 0 spiro atoms. The highest BCUT2D eigenvalue weighted by Gasteiger charge is 2.19. The van der Waals surface area contributed by atoms with Crippen molar-refractivity contribution in [1.82, 2.24) is 15.1 Å². The van der Waals surface area contributed by atoms with E-state index in [1.165, 1.54) is 16.7 Å². The predicted octanol–water partition coefficient (Wildman–Crippen LogP) is 3.80. The van der Waals surface area contributed by atoms with E-state index in [-0.39, 0.29) is 6.03 Å². The largest absolute Gasteiger partial charge is 0.334 e. The van der Waals surface area contributed by atoms with Gasteiger partial charge in [0.15, 0.2) is 0 Å². The molecule has 2 aromatic carbocycles. The summed E-state index contributed by atoms with van der Waals surface area (Å²) in [7, 11) is 0. The van der Waals surface area contributed by atoms with Gasteiger partial charge >= 0.3 is 6.03 Å². The van der Waals surface area contributed by atoms with Crippen molar-refractivity contribution < 1.29 is 4.79 Å². The van der Waals surface area contributed by atoms with Gasteiger partial charge in [0.1, 0.15) is 0 Å². The van der Waals surface area contributed by atoms with Crippen LogP contribution in [0.15, 0.2) is 48.5 Å². The number of fused-ring (bicyclic) bond motifs is 1. The molecule has 138 valence electrons. The highest BCUT2D eigenvalue weighted by Crippen LogP contribution is 2.18. The molecule has 0 unspecified atom stereocenters. The number of hydrogen-bond donors (Lipinski definition) is 1. The van der Waals surface area contributed by atoms with Crippen LogP contribution in [0.3, 0.4) is 0 Å². The molecule has 0 fully saturated rings. The van der Waals surface area contributed by atoms with E-state index in [0.29, 0.717) is 13.1 Å². The molecule has 1 heterocycles. The molecule has 1 aliphatic rings. The fourth-order valence-corrected chi connectivity index (χ4v) is 3.43. The van der Waals surface area contributed by atoms with Crippen LogP contribution in [0.1, 0.15) is 36.1 Å². The van der Waals surface area contributed by atoms with Gasteiger partial charge in [0.05, 0.1) is 0 Å². The van der Waals surface area contributed by atoms with Crippen LogP contribution in [0, 0.1) is 0 Å². The van der Waals surface area contributed by atoms with E-state index in [1.807, 2.05) is 11.0 Å². The third-order valence-corrected chi connectivity index (χ3v) is 5.19. The fraction of sp³-hybridized carbons (Fsp3) is 0.409. The number of rotatable bonds is 6. The van der Waals surface area contributed by atoms with Crippen molar-refractivity contribution in [2.45, 2.75) is 39.9 Å². The number of hydrogen-bond acceptors (Lipinski definition) is 2. The van der Waals surface area contributed by atoms with Gasteiger partial charge in [-0.25, -0.2) is 4.79 Å². The number of nitrogens with zero attached hydrogens (tertiary/aromatic N) is 2. The first-order valence-electron chi connectivity index (χ1n) is 9.59. The van der Waals surface area contributed by atoms with Crippen molar-refractivity contribution in [3.63, 3.8) is 0 Å². The highest BCUT2D eigenvalue weighted by atomic mass is 16.2. The Morgan fingerprint density at radius 2 is 1.65 bits per heavy atom. The second kappa shape index (κ2) is 8.86. The van der Waals surface area contributed by atoms with E-state index in [2.05, 4.69) is 66.5 Å². The quantitative estimate of drug-likeness (QED) is 0.859. The molecule has 2 amide bonds. The lowest BCUT2D eigenvalue weighted by atomic mass is 10.0. The minimum absolute atomic E-state index is 0.0201. The maximum absolute atomic E-state index is 12.5. The molecule has 0 saturated carbocycles. The zero-order valence-corrected chi connectivity index (χ0v) is 15.9. The van der Waals surface area contributed by atoms with Gasteiger partial charge < -0.3 is 10.2 Å². The number of urea groups is 1. The lowest BCUT2D eigenvalue weighted by molar-refractivity contribution is 0.192. The van der Waals surface area contributed by atoms with Gasteiger partial charge in [-0.05, 0) is 41.8 Å². The summed E-state index contributed by atoms with van der Waals surface area (Å²) in [6.07, 6.45) is 0.934. The molecule has 26 heavy (non-hydrogen) atoms. The Kier molecular flexibility index (Phi) is 6.29. The second-order valence-electron chi connectivity index (χ2n) is 6.88. The number of carbonyl (C=O) groups excluding carboxylic acids is 1. The first-order valence-corrected chi connectivity index (χ1v) is 9.59. The van der Waals surface area contributed by atoms with E-state index in [4.69, 9.17) is 0 Å². The summed E-state index contributed by atoms with van der Waals surface area (Å²) >= 11 is 0. The number of amides is 2. The maximum Gasteiger partial charge on any atom is 0.317 e. The van der Waals surface area contributed by atoms with Gasteiger partial charge in [-0.15, -0.1) is 0 Å². The standard InChI is InChI=1S/C22H29N3O/c1-3-24(4-2)16-19-11-9-18(10-12-19)15-23-22(26)25-14-13-20-7-5-6-8-21(20)17-25/h5-12H,3-4,13-17H2,1-2H3,(H,23,26). The smallest absolute Gasteiger partial charge is 0.317 e. The van der Waals surface area contributed by atoms with E-state index in [0.717, 1.165) is 38.2 Å². The van der Waals surface area contributed by atoms with Crippen LogP contribution < -0.4 is 5.32 Å². The van der Waals surface area contributed by atoms with Gasteiger partial charge in [0.25, 0.3) is 0 Å². The minimum atomic E-state index is 0.0201. The van der Waals surface area contributed by atoms with E-state index in [1.54, 1.807) is 0 Å². The lowest BCUT2D eigenvalue weighted by Gasteiger charge is -2.29. The molecule has 2 aromatic rings. The Bertz CT molecular complexity index is 722. The molecule has 3 rings (SSSR count). The third kappa shape index (κ3) is 4.64. The average molecular weight is 351 g/mol. The zero-order valence-electron chi connectivity index (χ0n) is 15.9.